The topological polar surface area (TPSA) is 85.0 Å². The number of hydrogen-bond donors (Lipinski definition) is 2. The summed E-state index contributed by atoms with van der Waals surface area (Å²) in [6.45, 7) is 6.92. The van der Waals surface area contributed by atoms with Gasteiger partial charge in [0.2, 0.25) is 11.8 Å². The first kappa shape index (κ1) is 21.9. The number of benzene rings is 1. The van der Waals surface area contributed by atoms with Gasteiger partial charge in [-0.05, 0) is 37.6 Å². The first-order valence-corrected chi connectivity index (χ1v) is 11.4. The van der Waals surface area contributed by atoms with Gasteiger partial charge in [0.25, 0.3) is 5.91 Å². The van der Waals surface area contributed by atoms with E-state index in [-0.39, 0.29) is 30.7 Å². The van der Waals surface area contributed by atoms with Gasteiger partial charge in [-0.2, -0.15) is 0 Å². The second kappa shape index (κ2) is 9.04. The van der Waals surface area contributed by atoms with Crippen molar-refractivity contribution in [2.75, 3.05) is 51.1 Å². The number of rotatable bonds is 4. The fourth-order valence-corrected chi connectivity index (χ4v) is 4.83. The maximum absolute atomic E-state index is 12.8. The van der Waals surface area contributed by atoms with Crippen LogP contribution in [-0.2, 0) is 9.59 Å². The van der Waals surface area contributed by atoms with Crippen LogP contribution in [0.15, 0.2) is 18.2 Å². The van der Waals surface area contributed by atoms with Crippen molar-refractivity contribution in [3.63, 3.8) is 0 Å². The van der Waals surface area contributed by atoms with E-state index in [4.69, 9.17) is 11.6 Å². The maximum Gasteiger partial charge on any atom is 0.255 e. The summed E-state index contributed by atoms with van der Waals surface area (Å²) in [7, 11) is 0. The van der Waals surface area contributed by atoms with Crippen LogP contribution < -0.4 is 10.6 Å². The van der Waals surface area contributed by atoms with Crippen molar-refractivity contribution in [3.05, 3.63) is 28.8 Å². The highest BCUT2D eigenvalue weighted by atomic mass is 35.5. The van der Waals surface area contributed by atoms with Gasteiger partial charge in [-0.3, -0.25) is 19.3 Å². The van der Waals surface area contributed by atoms with Gasteiger partial charge in [-0.25, -0.2) is 0 Å². The van der Waals surface area contributed by atoms with Gasteiger partial charge in [0, 0.05) is 56.3 Å². The van der Waals surface area contributed by atoms with Gasteiger partial charge in [0.05, 0.1) is 12.1 Å². The number of likely N-dealkylation sites (tertiary alicyclic amines) is 1. The van der Waals surface area contributed by atoms with E-state index in [0.29, 0.717) is 43.1 Å². The maximum atomic E-state index is 12.8. The van der Waals surface area contributed by atoms with Crippen LogP contribution in [0.4, 0.5) is 5.69 Å². The quantitative estimate of drug-likeness (QED) is 0.734. The summed E-state index contributed by atoms with van der Waals surface area (Å²) >= 11 is 6.02. The van der Waals surface area contributed by atoms with E-state index in [1.807, 2.05) is 4.90 Å². The Morgan fingerprint density at radius 1 is 1.10 bits per heavy atom. The molecule has 8 nitrogen and oxygen atoms in total. The van der Waals surface area contributed by atoms with E-state index in [1.165, 1.54) is 0 Å². The summed E-state index contributed by atoms with van der Waals surface area (Å²) < 4.78 is 0. The van der Waals surface area contributed by atoms with Gasteiger partial charge in [-0.15, -0.1) is 0 Å². The van der Waals surface area contributed by atoms with Crippen LogP contribution in [-0.4, -0.2) is 83.9 Å². The third-order valence-electron chi connectivity index (χ3n) is 6.47. The van der Waals surface area contributed by atoms with Gasteiger partial charge < -0.3 is 20.4 Å². The molecule has 1 aromatic carbocycles. The van der Waals surface area contributed by atoms with E-state index in [9.17, 15) is 14.4 Å². The zero-order valence-electron chi connectivity index (χ0n) is 18.0. The molecular weight excluding hydrogens is 418 g/mol. The van der Waals surface area contributed by atoms with E-state index in [2.05, 4.69) is 22.5 Å². The van der Waals surface area contributed by atoms with Gasteiger partial charge in [0.1, 0.15) is 5.66 Å². The highest BCUT2D eigenvalue weighted by Gasteiger charge is 2.41. The molecule has 1 atom stereocenters. The summed E-state index contributed by atoms with van der Waals surface area (Å²) in [6.07, 6.45) is 2.39. The molecule has 0 saturated carbocycles. The first-order valence-electron chi connectivity index (χ1n) is 11.1. The number of nitrogens with zero attached hydrogens (tertiary/aromatic N) is 3. The number of amides is 3. The number of piperazine rings is 1. The summed E-state index contributed by atoms with van der Waals surface area (Å²) in [5.41, 5.74) is 0.523. The van der Waals surface area contributed by atoms with Crippen molar-refractivity contribution in [1.82, 2.24) is 20.0 Å². The summed E-state index contributed by atoms with van der Waals surface area (Å²) in [4.78, 5) is 44.1. The van der Waals surface area contributed by atoms with E-state index >= 15 is 0 Å². The molecule has 3 aliphatic heterocycles. The number of carbonyl (C=O) groups is 3. The lowest BCUT2D eigenvalue weighted by Gasteiger charge is -2.40. The average molecular weight is 448 g/mol. The van der Waals surface area contributed by atoms with Crippen LogP contribution in [0.3, 0.4) is 0 Å². The van der Waals surface area contributed by atoms with Crippen molar-refractivity contribution in [1.29, 1.82) is 0 Å². The Balaban J connectivity index is 1.38. The minimum atomic E-state index is -0.697. The van der Waals surface area contributed by atoms with Gasteiger partial charge >= 0.3 is 0 Å². The zero-order valence-corrected chi connectivity index (χ0v) is 18.7. The van der Waals surface area contributed by atoms with Gasteiger partial charge in [0.15, 0.2) is 0 Å². The number of anilines is 1. The highest BCUT2D eigenvalue weighted by Crippen LogP contribution is 2.33. The molecule has 168 valence electrons. The Hall–Kier alpha value is -2.32. The van der Waals surface area contributed by atoms with Crippen LogP contribution in [0.2, 0.25) is 5.02 Å². The lowest BCUT2D eigenvalue weighted by Crippen LogP contribution is -2.58. The van der Waals surface area contributed by atoms with Crippen molar-refractivity contribution < 1.29 is 14.4 Å². The van der Waals surface area contributed by atoms with E-state index in [0.717, 1.165) is 31.7 Å². The van der Waals surface area contributed by atoms with Crippen LogP contribution in [0.5, 0.6) is 0 Å². The largest absolute Gasteiger partial charge is 0.362 e. The smallest absolute Gasteiger partial charge is 0.255 e. The van der Waals surface area contributed by atoms with E-state index < -0.39 is 5.66 Å². The molecule has 3 aliphatic rings. The molecule has 1 aromatic rings. The molecule has 1 spiro atoms. The number of halogens is 1. The van der Waals surface area contributed by atoms with Crippen molar-refractivity contribution in [2.45, 2.75) is 38.3 Å². The number of hydrogen-bond acceptors (Lipinski definition) is 5. The molecule has 0 aliphatic carbocycles. The predicted molar refractivity (Wildman–Crippen MR) is 119 cm³/mol. The average Bonchev–Trinajstić information content (AvgIpc) is 2.89. The lowest BCUT2D eigenvalue weighted by atomic mass is 9.95. The Kier molecular flexibility index (Phi) is 6.39. The third kappa shape index (κ3) is 4.80. The van der Waals surface area contributed by atoms with Crippen LogP contribution >= 0.6 is 11.6 Å². The second-order valence-corrected chi connectivity index (χ2v) is 9.08. The minimum Gasteiger partial charge on any atom is -0.362 e. The van der Waals surface area contributed by atoms with Crippen LogP contribution in [0.1, 0.15) is 43.0 Å². The molecule has 3 amide bonds. The summed E-state index contributed by atoms with van der Waals surface area (Å²) in [5.74, 6) is -0.243. The Morgan fingerprint density at radius 2 is 1.87 bits per heavy atom. The Labute approximate surface area is 187 Å². The number of carbonyl (C=O) groups excluding carboxylic acids is 3. The monoisotopic (exact) mass is 447 g/mol. The normalized spacial score (nSPS) is 24.5. The molecule has 2 saturated heterocycles. The SMILES string of the molecule is CCCN1CCN(C(=O)CN2CCC3(CCC2=O)NC(=O)c2cc(Cl)ccc2N3)CC1. The summed E-state index contributed by atoms with van der Waals surface area (Å²) in [6, 6.07) is 5.18. The lowest BCUT2D eigenvalue weighted by molar-refractivity contribution is -0.141. The molecule has 0 aromatic heterocycles. The van der Waals surface area contributed by atoms with Crippen LogP contribution in [0.25, 0.3) is 0 Å². The van der Waals surface area contributed by atoms with Crippen molar-refractivity contribution in [2.24, 2.45) is 0 Å². The molecule has 0 bridgehead atoms. The molecule has 0 radical (unpaired) electrons. The molecule has 2 fully saturated rings. The zero-order chi connectivity index (χ0) is 22.0. The number of fused-ring (bicyclic) bond motifs is 1. The molecular formula is C22H30ClN5O3. The second-order valence-electron chi connectivity index (χ2n) is 8.64. The molecule has 31 heavy (non-hydrogen) atoms. The molecule has 2 N–H and O–H groups in total. The molecule has 4 rings (SSSR count). The standard InChI is InChI=1S/C22H30ClN5O3/c1-2-8-26-10-12-27(13-11-26)20(30)15-28-9-7-22(6-5-19(28)29)24-18-4-3-16(23)14-17(18)21(31)25-22/h3-4,14,24H,2,5-13,15H2,1H3,(H,25,31). The first-order chi connectivity index (χ1) is 14.9. The highest BCUT2D eigenvalue weighted by molar-refractivity contribution is 6.31. The fraction of sp³-hybridized carbons (Fsp3) is 0.591. The van der Waals surface area contributed by atoms with Crippen LogP contribution in [0, 0.1) is 0 Å². The Bertz CT molecular complexity index is 871. The van der Waals surface area contributed by atoms with Crippen molar-refractivity contribution in [3.8, 4) is 0 Å². The van der Waals surface area contributed by atoms with E-state index in [1.54, 1.807) is 23.1 Å². The third-order valence-corrected chi connectivity index (χ3v) is 6.71. The molecule has 9 heteroatoms. The predicted octanol–water partition coefficient (Wildman–Crippen LogP) is 1.76. The van der Waals surface area contributed by atoms with Gasteiger partial charge in [-0.1, -0.05) is 18.5 Å². The molecule has 1 unspecified atom stereocenters. The fourth-order valence-electron chi connectivity index (χ4n) is 4.66. The van der Waals surface area contributed by atoms with Crippen molar-refractivity contribution >= 4 is 35.0 Å². The summed E-state index contributed by atoms with van der Waals surface area (Å²) in [5, 5.41) is 6.96. The number of nitrogens with one attached hydrogen (secondary N) is 2. The molecule has 3 heterocycles. The minimum absolute atomic E-state index is 0.000995. The Morgan fingerprint density at radius 3 is 2.61 bits per heavy atom.